The topological polar surface area (TPSA) is 40.6 Å². The predicted octanol–water partition coefficient (Wildman–Crippen LogP) is 7.59. The molecular formula is C40H60N4O2+2. The number of amides is 2. The van der Waals surface area contributed by atoms with Gasteiger partial charge in [-0.2, -0.15) is 0 Å². The second kappa shape index (κ2) is 16.6. The lowest BCUT2D eigenvalue weighted by Crippen LogP contribution is -2.35. The van der Waals surface area contributed by atoms with Gasteiger partial charge in [0.2, 0.25) is 0 Å². The second-order valence-electron chi connectivity index (χ2n) is 15.4. The molecule has 2 aliphatic heterocycles. The number of hydrogen-bond acceptors (Lipinski definition) is 2. The van der Waals surface area contributed by atoms with Crippen LogP contribution in [0.25, 0.3) is 11.4 Å². The quantitative estimate of drug-likeness (QED) is 0.112. The van der Waals surface area contributed by atoms with E-state index in [2.05, 4.69) is 42.3 Å². The van der Waals surface area contributed by atoms with Gasteiger partial charge in [0.25, 0.3) is 11.8 Å². The number of quaternary nitrogens is 2. The third kappa shape index (κ3) is 9.89. The molecule has 6 nitrogen and oxygen atoms in total. The minimum Gasteiger partial charge on any atom is -0.331 e. The highest BCUT2D eigenvalue weighted by Crippen LogP contribution is 2.46. The van der Waals surface area contributed by atoms with E-state index >= 15 is 0 Å². The lowest BCUT2D eigenvalue weighted by atomic mass is 10.0. The van der Waals surface area contributed by atoms with Crippen LogP contribution >= 0.6 is 0 Å². The van der Waals surface area contributed by atoms with E-state index in [-0.39, 0.29) is 11.8 Å². The first-order valence-corrected chi connectivity index (χ1v) is 17.8. The summed E-state index contributed by atoms with van der Waals surface area (Å²) in [6.07, 6.45) is 13.9. The molecule has 0 radical (unpaired) electrons. The van der Waals surface area contributed by atoms with Crippen molar-refractivity contribution in [2.75, 3.05) is 68.5 Å². The molecule has 2 heterocycles. The van der Waals surface area contributed by atoms with Gasteiger partial charge in [0, 0.05) is 13.1 Å². The third-order valence-electron chi connectivity index (χ3n) is 9.20. The Hall–Kier alpha value is -3.22. The van der Waals surface area contributed by atoms with Gasteiger partial charge in [0.1, 0.15) is 0 Å². The summed E-state index contributed by atoms with van der Waals surface area (Å²) in [4.78, 5) is 32.5. The number of rotatable bonds is 20. The van der Waals surface area contributed by atoms with Crippen LogP contribution < -0.4 is 0 Å². The Labute approximate surface area is 279 Å². The number of carbonyl (C=O) groups excluding carboxylic acids is 2. The van der Waals surface area contributed by atoms with Gasteiger partial charge in [-0.05, 0) is 49.7 Å². The van der Waals surface area contributed by atoms with Crippen LogP contribution in [0.4, 0.5) is 0 Å². The van der Waals surface area contributed by atoms with Gasteiger partial charge in [-0.15, -0.1) is 0 Å². The Balaban J connectivity index is 1.47. The van der Waals surface area contributed by atoms with Crippen molar-refractivity contribution >= 4 is 23.2 Å². The molecule has 2 aromatic rings. The standard InChI is InChI=1S/C40H60N4O2/c1-43(2,3)31-23-13-9-7-11-21-29-41-37(33-25-17-15-18-26-33)35-36(39(41)45)38(34-27-19-16-20-28-34)42(40(35)46)30-22-12-8-10-14-24-32-44(4,5)6/h15-20,25-28H,7-14,21-24,29-32H2,1-6H3/q+2. The van der Waals surface area contributed by atoms with Gasteiger partial charge < -0.3 is 18.8 Å². The van der Waals surface area contributed by atoms with E-state index in [4.69, 9.17) is 0 Å². The van der Waals surface area contributed by atoms with Crippen molar-refractivity contribution in [3.05, 3.63) is 82.9 Å². The highest BCUT2D eigenvalue weighted by Gasteiger charge is 2.48. The largest absolute Gasteiger partial charge is 0.331 e. The average molecular weight is 629 g/mol. The fourth-order valence-corrected chi connectivity index (χ4v) is 6.74. The van der Waals surface area contributed by atoms with E-state index in [1.54, 1.807) is 0 Å². The smallest absolute Gasteiger partial charge is 0.261 e. The van der Waals surface area contributed by atoms with Crippen LogP contribution in [0, 0.1) is 0 Å². The summed E-state index contributed by atoms with van der Waals surface area (Å²) in [5.74, 6) is -0.0486. The van der Waals surface area contributed by atoms with Gasteiger partial charge in [0.05, 0.1) is 77.9 Å². The lowest BCUT2D eigenvalue weighted by Gasteiger charge is -2.25. The Bertz CT molecular complexity index is 1240. The monoisotopic (exact) mass is 628 g/mol. The van der Waals surface area contributed by atoms with Crippen LogP contribution in [0.2, 0.25) is 0 Å². The molecule has 2 aliphatic rings. The molecule has 0 spiro atoms. The van der Waals surface area contributed by atoms with Crippen LogP contribution in [0.15, 0.2) is 71.8 Å². The van der Waals surface area contributed by atoms with E-state index in [1.165, 1.54) is 64.5 Å². The Morgan fingerprint density at radius 3 is 1.07 bits per heavy atom. The molecule has 0 saturated carbocycles. The predicted molar refractivity (Wildman–Crippen MR) is 191 cm³/mol. The highest BCUT2D eigenvalue weighted by atomic mass is 16.2. The zero-order valence-corrected chi connectivity index (χ0v) is 29.7. The summed E-state index contributed by atoms with van der Waals surface area (Å²) in [5.41, 5.74) is 4.66. The Morgan fingerprint density at radius 1 is 0.435 bits per heavy atom. The molecule has 250 valence electrons. The molecule has 0 saturated heterocycles. The third-order valence-corrected chi connectivity index (χ3v) is 9.20. The zero-order valence-electron chi connectivity index (χ0n) is 29.7. The molecule has 0 unspecified atom stereocenters. The molecule has 6 heteroatoms. The maximum atomic E-state index is 14.3. The summed E-state index contributed by atoms with van der Waals surface area (Å²) in [7, 11) is 13.5. The first kappa shape index (κ1) is 35.6. The summed E-state index contributed by atoms with van der Waals surface area (Å²) in [5, 5.41) is 0. The van der Waals surface area contributed by atoms with Crippen molar-refractivity contribution in [3.8, 4) is 0 Å². The van der Waals surface area contributed by atoms with Crippen LogP contribution in [0.5, 0.6) is 0 Å². The molecule has 0 atom stereocenters. The number of nitrogens with zero attached hydrogens (tertiary/aromatic N) is 4. The fraction of sp³-hybridized carbons (Fsp3) is 0.550. The van der Waals surface area contributed by atoms with Crippen molar-refractivity contribution < 1.29 is 18.6 Å². The van der Waals surface area contributed by atoms with Gasteiger partial charge in [0.15, 0.2) is 0 Å². The van der Waals surface area contributed by atoms with E-state index in [1.807, 2.05) is 70.5 Å². The fourth-order valence-electron chi connectivity index (χ4n) is 6.74. The number of carbonyl (C=O) groups is 2. The molecule has 0 N–H and O–H groups in total. The number of fused-ring (bicyclic) bond motifs is 1. The average Bonchev–Trinajstić information content (AvgIpc) is 3.46. The van der Waals surface area contributed by atoms with Crippen molar-refractivity contribution in [2.24, 2.45) is 0 Å². The van der Waals surface area contributed by atoms with Gasteiger partial charge in [-0.3, -0.25) is 9.59 Å². The molecule has 2 amide bonds. The molecule has 0 fully saturated rings. The number of hydrogen-bond donors (Lipinski definition) is 0. The van der Waals surface area contributed by atoms with Crippen molar-refractivity contribution in [1.82, 2.24) is 9.80 Å². The number of unbranched alkanes of at least 4 members (excludes halogenated alkanes) is 10. The maximum Gasteiger partial charge on any atom is 0.261 e. The SMILES string of the molecule is C[N+](C)(C)CCCCCCCCN1C(=O)C2=C(c3ccccc3)N(CCCCCCCC[N+](C)(C)C)C(=O)C2=C1c1ccccc1. The lowest BCUT2D eigenvalue weighted by molar-refractivity contribution is -0.870. The van der Waals surface area contributed by atoms with E-state index in [9.17, 15) is 9.59 Å². The molecule has 2 aromatic carbocycles. The van der Waals surface area contributed by atoms with E-state index in [0.29, 0.717) is 24.2 Å². The van der Waals surface area contributed by atoms with Crippen molar-refractivity contribution in [3.63, 3.8) is 0 Å². The molecule has 4 rings (SSSR count). The van der Waals surface area contributed by atoms with Crippen LogP contribution in [0.1, 0.15) is 88.2 Å². The summed E-state index contributed by atoms with van der Waals surface area (Å²) < 4.78 is 2.03. The van der Waals surface area contributed by atoms with Gasteiger partial charge in [-0.25, -0.2) is 0 Å². The molecule has 46 heavy (non-hydrogen) atoms. The van der Waals surface area contributed by atoms with Crippen LogP contribution in [-0.2, 0) is 9.59 Å². The van der Waals surface area contributed by atoms with E-state index < -0.39 is 0 Å². The maximum absolute atomic E-state index is 14.3. The Morgan fingerprint density at radius 2 is 0.739 bits per heavy atom. The van der Waals surface area contributed by atoms with Crippen molar-refractivity contribution in [2.45, 2.75) is 77.0 Å². The molecular weight excluding hydrogens is 568 g/mol. The van der Waals surface area contributed by atoms with E-state index in [0.717, 1.165) is 57.2 Å². The summed E-state index contributed by atoms with van der Waals surface area (Å²) in [6.45, 7) is 3.69. The first-order chi connectivity index (χ1) is 22.0. The Kier molecular flexibility index (Phi) is 12.8. The summed E-state index contributed by atoms with van der Waals surface area (Å²) >= 11 is 0. The zero-order chi connectivity index (χ0) is 33.2. The molecule has 0 aliphatic carbocycles. The molecule has 0 aromatic heterocycles. The van der Waals surface area contributed by atoms with Crippen molar-refractivity contribution in [1.29, 1.82) is 0 Å². The first-order valence-electron chi connectivity index (χ1n) is 17.8. The highest BCUT2D eigenvalue weighted by molar-refractivity contribution is 6.30. The van der Waals surface area contributed by atoms with Crippen LogP contribution in [-0.4, -0.2) is 99.0 Å². The second-order valence-corrected chi connectivity index (χ2v) is 15.4. The normalized spacial score (nSPS) is 15.5. The van der Waals surface area contributed by atoms with Gasteiger partial charge >= 0.3 is 0 Å². The molecule has 0 bridgehead atoms. The van der Waals surface area contributed by atoms with Crippen LogP contribution in [0.3, 0.4) is 0 Å². The minimum absolute atomic E-state index is 0.0243. The number of benzene rings is 2. The van der Waals surface area contributed by atoms with Gasteiger partial charge in [-0.1, -0.05) is 99.2 Å². The summed E-state index contributed by atoms with van der Waals surface area (Å²) in [6, 6.07) is 20.1. The minimum atomic E-state index is -0.0243.